The zero-order chi connectivity index (χ0) is 10.8. The monoisotopic (exact) mass is 204 g/mol. The summed E-state index contributed by atoms with van der Waals surface area (Å²) in [4.78, 5) is 2.13. The zero-order valence-corrected chi connectivity index (χ0v) is 9.62. The molecule has 0 aliphatic rings. The van der Waals surface area contributed by atoms with E-state index in [0.717, 1.165) is 32.7 Å². The third-order valence-corrected chi connectivity index (χ3v) is 2.22. The van der Waals surface area contributed by atoms with Crippen LogP contribution < -0.4 is 5.32 Å². The van der Waals surface area contributed by atoms with Gasteiger partial charge in [-0.3, -0.25) is 0 Å². The molecule has 0 saturated heterocycles. The topological polar surface area (TPSA) is 44.7 Å². The van der Waals surface area contributed by atoms with Gasteiger partial charge in [0.2, 0.25) is 0 Å². The van der Waals surface area contributed by atoms with Gasteiger partial charge in [-0.05, 0) is 26.9 Å². The quantitative estimate of drug-likeness (QED) is 0.516. The van der Waals surface area contributed by atoms with Crippen LogP contribution >= 0.6 is 0 Å². The third kappa shape index (κ3) is 8.44. The number of aliphatic hydroxyl groups excluding tert-OH is 1. The lowest BCUT2D eigenvalue weighted by Gasteiger charge is -2.19. The maximum Gasteiger partial charge on any atom is 0.0587 e. The lowest BCUT2D eigenvalue weighted by Crippen LogP contribution is -2.33. The number of methoxy groups -OCH3 is 1. The van der Waals surface area contributed by atoms with Crippen LogP contribution in [-0.2, 0) is 4.74 Å². The first-order valence-corrected chi connectivity index (χ1v) is 5.22. The second-order valence-electron chi connectivity index (χ2n) is 3.66. The highest BCUT2D eigenvalue weighted by atomic mass is 16.5. The largest absolute Gasteiger partial charge is 0.395 e. The van der Waals surface area contributed by atoms with Crippen molar-refractivity contribution in [2.75, 3.05) is 47.0 Å². The van der Waals surface area contributed by atoms with Gasteiger partial charge in [-0.1, -0.05) is 0 Å². The van der Waals surface area contributed by atoms with E-state index < -0.39 is 0 Å². The molecule has 1 atom stereocenters. The van der Waals surface area contributed by atoms with E-state index in [4.69, 9.17) is 9.84 Å². The van der Waals surface area contributed by atoms with Crippen molar-refractivity contribution in [2.45, 2.75) is 19.4 Å². The standard InChI is InChI=1S/C10H24N2O2/c1-10(11-5-9-14-3)4-6-12(2)7-8-13/h10-11,13H,4-9H2,1-3H3. The molecule has 0 spiro atoms. The molecule has 0 bridgehead atoms. The molecule has 0 aromatic carbocycles. The Morgan fingerprint density at radius 2 is 2.14 bits per heavy atom. The normalized spacial score (nSPS) is 13.5. The third-order valence-electron chi connectivity index (χ3n) is 2.22. The molecule has 4 heteroatoms. The number of rotatable bonds is 9. The number of hydrogen-bond acceptors (Lipinski definition) is 4. The second kappa shape index (κ2) is 9.40. The molecule has 0 fully saturated rings. The van der Waals surface area contributed by atoms with Crippen molar-refractivity contribution in [2.24, 2.45) is 0 Å². The Bertz CT molecular complexity index is 123. The zero-order valence-electron chi connectivity index (χ0n) is 9.62. The number of hydrogen-bond donors (Lipinski definition) is 2. The summed E-state index contributed by atoms with van der Waals surface area (Å²) in [5.41, 5.74) is 0. The molecule has 2 N–H and O–H groups in total. The molecule has 4 nitrogen and oxygen atoms in total. The van der Waals surface area contributed by atoms with Gasteiger partial charge >= 0.3 is 0 Å². The summed E-state index contributed by atoms with van der Waals surface area (Å²) in [5, 5.41) is 12.1. The minimum Gasteiger partial charge on any atom is -0.395 e. The molecule has 0 aromatic heterocycles. The van der Waals surface area contributed by atoms with E-state index in [2.05, 4.69) is 17.1 Å². The van der Waals surface area contributed by atoms with Gasteiger partial charge in [0, 0.05) is 26.2 Å². The minimum absolute atomic E-state index is 0.238. The van der Waals surface area contributed by atoms with E-state index in [1.165, 1.54) is 0 Å². The van der Waals surface area contributed by atoms with Gasteiger partial charge < -0.3 is 20.1 Å². The maximum absolute atomic E-state index is 8.70. The van der Waals surface area contributed by atoms with Gasteiger partial charge in [0.05, 0.1) is 13.2 Å². The average molecular weight is 204 g/mol. The number of aliphatic hydroxyl groups is 1. The Morgan fingerprint density at radius 1 is 1.43 bits per heavy atom. The highest BCUT2D eigenvalue weighted by Gasteiger charge is 2.02. The fraction of sp³-hybridized carbons (Fsp3) is 1.00. The van der Waals surface area contributed by atoms with Crippen LogP contribution in [0.4, 0.5) is 0 Å². The van der Waals surface area contributed by atoms with E-state index in [0.29, 0.717) is 6.04 Å². The maximum atomic E-state index is 8.70. The molecular formula is C10H24N2O2. The Morgan fingerprint density at radius 3 is 2.71 bits per heavy atom. The first kappa shape index (κ1) is 13.8. The molecule has 0 heterocycles. The van der Waals surface area contributed by atoms with Crippen molar-refractivity contribution < 1.29 is 9.84 Å². The van der Waals surface area contributed by atoms with Gasteiger partial charge in [-0.2, -0.15) is 0 Å². The molecule has 86 valence electrons. The number of likely N-dealkylation sites (N-methyl/N-ethyl adjacent to an activating group) is 1. The Hall–Kier alpha value is -0.160. The molecule has 0 aliphatic heterocycles. The van der Waals surface area contributed by atoms with E-state index in [1.807, 2.05) is 7.05 Å². The van der Waals surface area contributed by atoms with Crippen molar-refractivity contribution in [1.29, 1.82) is 0 Å². The summed E-state index contributed by atoms with van der Waals surface area (Å²) in [6.45, 7) is 5.84. The Kier molecular flexibility index (Phi) is 9.29. The SMILES string of the molecule is COCCNC(C)CCN(C)CCO. The van der Waals surface area contributed by atoms with E-state index in [1.54, 1.807) is 7.11 Å². The number of ether oxygens (including phenoxy) is 1. The first-order chi connectivity index (χ1) is 6.70. The molecule has 0 aliphatic carbocycles. The van der Waals surface area contributed by atoms with Gasteiger partial charge in [0.25, 0.3) is 0 Å². The lowest BCUT2D eigenvalue weighted by molar-refractivity contribution is 0.192. The van der Waals surface area contributed by atoms with Crippen LogP contribution in [0.2, 0.25) is 0 Å². The van der Waals surface area contributed by atoms with Crippen molar-refractivity contribution in [1.82, 2.24) is 10.2 Å². The highest BCUT2D eigenvalue weighted by Crippen LogP contribution is 1.93. The Labute approximate surface area is 87.2 Å². The average Bonchev–Trinajstić information content (AvgIpc) is 2.16. The fourth-order valence-electron chi connectivity index (χ4n) is 1.21. The van der Waals surface area contributed by atoms with Crippen molar-refractivity contribution in [3.8, 4) is 0 Å². The molecule has 0 radical (unpaired) electrons. The number of nitrogens with zero attached hydrogens (tertiary/aromatic N) is 1. The molecule has 1 unspecified atom stereocenters. The van der Waals surface area contributed by atoms with E-state index in [-0.39, 0.29) is 6.61 Å². The van der Waals surface area contributed by atoms with E-state index in [9.17, 15) is 0 Å². The van der Waals surface area contributed by atoms with Crippen molar-refractivity contribution >= 4 is 0 Å². The number of nitrogens with one attached hydrogen (secondary N) is 1. The summed E-state index contributed by atoms with van der Waals surface area (Å²) >= 11 is 0. The van der Waals surface area contributed by atoms with Crippen LogP contribution in [0.25, 0.3) is 0 Å². The van der Waals surface area contributed by atoms with Gasteiger partial charge in [0.15, 0.2) is 0 Å². The predicted molar refractivity (Wildman–Crippen MR) is 58.5 cm³/mol. The predicted octanol–water partition coefficient (Wildman–Crippen LogP) is -0.0749. The molecular weight excluding hydrogens is 180 g/mol. The first-order valence-electron chi connectivity index (χ1n) is 5.22. The molecule has 0 aromatic rings. The fourth-order valence-corrected chi connectivity index (χ4v) is 1.21. The molecule has 0 amide bonds. The summed E-state index contributed by atoms with van der Waals surface area (Å²) in [5.74, 6) is 0. The van der Waals surface area contributed by atoms with Gasteiger partial charge in [-0.15, -0.1) is 0 Å². The molecule has 0 saturated carbocycles. The minimum atomic E-state index is 0.238. The molecule has 0 rings (SSSR count). The van der Waals surface area contributed by atoms with Crippen LogP contribution in [0.3, 0.4) is 0 Å². The van der Waals surface area contributed by atoms with Crippen molar-refractivity contribution in [3.05, 3.63) is 0 Å². The summed E-state index contributed by atoms with van der Waals surface area (Å²) in [6, 6.07) is 0.506. The summed E-state index contributed by atoms with van der Waals surface area (Å²) in [7, 11) is 3.74. The van der Waals surface area contributed by atoms with Crippen LogP contribution in [0.5, 0.6) is 0 Å². The van der Waals surface area contributed by atoms with Crippen LogP contribution in [-0.4, -0.2) is 63.1 Å². The lowest BCUT2D eigenvalue weighted by atomic mass is 10.2. The Balaban J connectivity index is 3.29. The second-order valence-corrected chi connectivity index (χ2v) is 3.66. The van der Waals surface area contributed by atoms with Crippen LogP contribution in [0, 0.1) is 0 Å². The summed E-state index contributed by atoms with van der Waals surface area (Å²) in [6.07, 6.45) is 1.10. The summed E-state index contributed by atoms with van der Waals surface area (Å²) < 4.78 is 4.95. The van der Waals surface area contributed by atoms with Crippen molar-refractivity contribution in [3.63, 3.8) is 0 Å². The smallest absolute Gasteiger partial charge is 0.0587 e. The van der Waals surface area contributed by atoms with Gasteiger partial charge in [0.1, 0.15) is 0 Å². The molecule has 14 heavy (non-hydrogen) atoms. The van der Waals surface area contributed by atoms with Crippen LogP contribution in [0.1, 0.15) is 13.3 Å². The van der Waals surface area contributed by atoms with Crippen LogP contribution in [0.15, 0.2) is 0 Å². The highest BCUT2D eigenvalue weighted by molar-refractivity contribution is 4.62. The van der Waals surface area contributed by atoms with Gasteiger partial charge in [-0.25, -0.2) is 0 Å². The van der Waals surface area contributed by atoms with E-state index >= 15 is 0 Å².